The van der Waals surface area contributed by atoms with Gasteiger partial charge < -0.3 is 9.42 Å². The van der Waals surface area contributed by atoms with Gasteiger partial charge in [0.1, 0.15) is 17.3 Å². The molecule has 1 atom stereocenters. The zero-order chi connectivity index (χ0) is 16.4. The van der Waals surface area contributed by atoms with Gasteiger partial charge in [0.2, 0.25) is 5.91 Å². The Morgan fingerprint density at radius 2 is 2.22 bits per heavy atom. The first-order valence-electron chi connectivity index (χ1n) is 8.05. The van der Waals surface area contributed by atoms with Crippen molar-refractivity contribution < 1.29 is 13.7 Å². The minimum absolute atomic E-state index is 0.0632. The third-order valence-electron chi connectivity index (χ3n) is 4.33. The first kappa shape index (κ1) is 15.7. The molecule has 0 aliphatic carbocycles. The molecule has 0 radical (unpaired) electrons. The zero-order valence-corrected chi connectivity index (χ0v) is 13.5. The van der Waals surface area contributed by atoms with Crippen LogP contribution in [0.3, 0.4) is 0 Å². The molecule has 1 saturated heterocycles. The molecule has 1 aliphatic heterocycles. The van der Waals surface area contributed by atoms with E-state index >= 15 is 0 Å². The second-order valence-corrected chi connectivity index (χ2v) is 6.32. The highest BCUT2D eigenvalue weighted by molar-refractivity contribution is 5.79. The van der Waals surface area contributed by atoms with E-state index in [9.17, 15) is 9.18 Å². The van der Waals surface area contributed by atoms with Gasteiger partial charge in [0.15, 0.2) is 0 Å². The zero-order valence-electron chi connectivity index (χ0n) is 13.5. The van der Waals surface area contributed by atoms with E-state index in [0.29, 0.717) is 12.1 Å². The largest absolute Gasteiger partial charge is 0.361 e. The van der Waals surface area contributed by atoms with Crippen LogP contribution in [0.25, 0.3) is 0 Å². The monoisotopic (exact) mass is 316 g/mol. The summed E-state index contributed by atoms with van der Waals surface area (Å²) in [7, 11) is 0. The van der Waals surface area contributed by atoms with Gasteiger partial charge in [-0.1, -0.05) is 37.2 Å². The van der Waals surface area contributed by atoms with Crippen molar-refractivity contribution in [3.8, 4) is 0 Å². The van der Waals surface area contributed by atoms with Gasteiger partial charge in [0.05, 0.1) is 12.5 Å². The van der Waals surface area contributed by atoms with E-state index in [1.807, 2.05) is 19.9 Å². The summed E-state index contributed by atoms with van der Waals surface area (Å²) in [5.41, 5.74) is 1.24. The van der Waals surface area contributed by atoms with Crippen LogP contribution in [0.2, 0.25) is 0 Å². The highest BCUT2D eigenvalue weighted by atomic mass is 19.1. The average molecular weight is 316 g/mol. The molecule has 23 heavy (non-hydrogen) atoms. The first-order valence-corrected chi connectivity index (χ1v) is 8.05. The number of nitrogens with zero attached hydrogens (tertiary/aromatic N) is 2. The third-order valence-corrected chi connectivity index (χ3v) is 4.33. The number of rotatable bonds is 4. The lowest BCUT2D eigenvalue weighted by Gasteiger charge is -2.23. The van der Waals surface area contributed by atoms with Crippen molar-refractivity contribution in [1.82, 2.24) is 10.1 Å². The predicted octanol–water partition coefficient (Wildman–Crippen LogP) is 3.84. The molecule has 0 spiro atoms. The summed E-state index contributed by atoms with van der Waals surface area (Å²) in [6, 6.07) is 8.29. The molecule has 0 unspecified atom stereocenters. The van der Waals surface area contributed by atoms with Crippen LogP contribution in [-0.4, -0.2) is 22.5 Å². The van der Waals surface area contributed by atoms with Crippen LogP contribution in [0.1, 0.15) is 55.7 Å². The summed E-state index contributed by atoms with van der Waals surface area (Å²) < 4.78 is 19.1. The Balaban J connectivity index is 1.75. The number of carbonyl (C=O) groups excluding carboxylic acids is 1. The van der Waals surface area contributed by atoms with Crippen molar-refractivity contribution >= 4 is 5.91 Å². The Bertz CT molecular complexity index is 696. The fourth-order valence-corrected chi connectivity index (χ4v) is 3.01. The van der Waals surface area contributed by atoms with Crippen LogP contribution in [0.5, 0.6) is 0 Å². The molecule has 1 aromatic carbocycles. The van der Waals surface area contributed by atoms with E-state index in [4.69, 9.17) is 4.52 Å². The quantitative estimate of drug-likeness (QED) is 0.861. The van der Waals surface area contributed by atoms with Crippen LogP contribution in [0.15, 0.2) is 34.9 Å². The molecule has 0 N–H and O–H groups in total. The molecule has 1 aromatic heterocycles. The van der Waals surface area contributed by atoms with Gasteiger partial charge in [-0.05, 0) is 24.5 Å². The summed E-state index contributed by atoms with van der Waals surface area (Å²) in [5.74, 6) is 0.695. The van der Waals surface area contributed by atoms with E-state index in [0.717, 1.165) is 24.3 Å². The van der Waals surface area contributed by atoms with E-state index in [1.54, 1.807) is 23.1 Å². The van der Waals surface area contributed by atoms with Crippen molar-refractivity contribution in [2.45, 2.75) is 45.1 Å². The number of carbonyl (C=O) groups is 1. The number of amides is 1. The Morgan fingerprint density at radius 3 is 2.91 bits per heavy atom. The molecule has 122 valence electrons. The summed E-state index contributed by atoms with van der Waals surface area (Å²) in [5, 5.41) is 4.13. The number of hydrogen-bond donors (Lipinski definition) is 0. The van der Waals surface area contributed by atoms with Gasteiger partial charge in [-0.15, -0.1) is 0 Å². The normalized spacial score (nSPS) is 17.9. The Kier molecular flexibility index (Phi) is 4.46. The average Bonchev–Trinajstić information content (AvgIpc) is 3.17. The van der Waals surface area contributed by atoms with Crippen LogP contribution >= 0.6 is 0 Å². The number of halogens is 1. The molecule has 0 bridgehead atoms. The first-order chi connectivity index (χ1) is 11.1. The van der Waals surface area contributed by atoms with Crippen molar-refractivity contribution in [2.75, 3.05) is 6.54 Å². The Morgan fingerprint density at radius 1 is 1.43 bits per heavy atom. The molecule has 4 nitrogen and oxygen atoms in total. The van der Waals surface area contributed by atoms with Crippen molar-refractivity contribution in [1.29, 1.82) is 0 Å². The molecule has 2 heterocycles. The van der Waals surface area contributed by atoms with E-state index in [2.05, 4.69) is 5.16 Å². The summed E-state index contributed by atoms with van der Waals surface area (Å²) in [6.07, 6.45) is 1.88. The summed E-state index contributed by atoms with van der Waals surface area (Å²) >= 11 is 0. The van der Waals surface area contributed by atoms with Crippen LogP contribution in [0.4, 0.5) is 4.39 Å². The topological polar surface area (TPSA) is 46.3 Å². The molecule has 2 aromatic rings. The lowest BCUT2D eigenvalue weighted by Crippen LogP contribution is -2.32. The lowest BCUT2D eigenvalue weighted by molar-refractivity contribution is -0.131. The van der Waals surface area contributed by atoms with Crippen molar-refractivity contribution in [2.24, 2.45) is 0 Å². The lowest BCUT2D eigenvalue weighted by atomic mass is 10.1. The maximum absolute atomic E-state index is 13.8. The molecule has 1 aliphatic rings. The van der Waals surface area contributed by atoms with Crippen molar-refractivity contribution in [3.05, 3.63) is 53.2 Å². The Hall–Kier alpha value is -2.17. The number of aromatic nitrogens is 1. The van der Waals surface area contributed by atoms with Gasteiger partial charge in [-0.3, -0.25) is 4.79 Å². The van der Waals surface area contributed by atoms with E-state index < -0.39 is 0 Å². The number of hydrogen-bond acceptors (Lipinski definition) is 3. The fourth-order valence-electron chi connectivity index (χ4n) is 3.01. The second kappa shape index (κ2) is 6.52. The highest BCUT2D eigenvalue weighted by Crippen LogP contribution is 2.33. The van der Waals surface area contributed by atoms with Crippen LogP contribution in [-0.2, 0) is 11.2 Å². The standard InChI is InChI=1S/C18H21FN2O2/c1-12(2)17-11-15(20-23-17)16-8-5-9-21(16)18(22)10-13-6-3-4-7-14(13)19/h3-4,6-7,11-12,16H,5,8-10H2,1-2H3/t16-/m0/s1. The van der Waals surface area contributed by atoms with Gasteiger partial charge >= 0.3 is 0 Å². The van der Waals surface area contributed by atoms with Gasteiger partial charge in [-0.2, -0.15) is 0 Å². The summed E-state index contributed by atoms with van der Waals surface area (Å²) in [4.78, 5) is 14.4. The number of likely N-dealkylation sites (tertiary alicyclic amines) is 1. The van der Waals surface area contributed by atoms with Gasteiger partial charge in [0.25, 0.3) is 0 Å². The van der Waals surface area contributed by atoms with Gasteiger partial charge in [-0.25, -0.2) is 4.39 Å². The third kappa shape index (κ3) is 3.28. The minimum Gasteiger partial charge on any atom is -0.361 e. The molecular weight excluding hydrogens is 295 g/mol. The van der Waals surface area contributed by atoms with Gasteiger partial charge in [0, 0.05) is 18.5 Å². The molecule has 1 amide bonds. The fraction of sp³-hybridized carbons (Fsp3) is 0.444. The molecule has 3 rings (SSSR count). The minimum atomic E-state index is -0.333. The Labute approximate surface area is 135 Å². The maximum atomic E-state index is 13.8. The van der Waals surface area contributed by atoms with Crippen molar-refractivity contribution in [3.63, 3.8) is 0 Å². The SMILES string of the molecule is CC(C)c1cc([C@@H]2CCCN2C(=O)Cc2ccccc2F)no1. The molecule has 1 fully saturated rings. The number of benzene rings is 1. The molecule has 0 saturated carbocycles. The highest BCUT2D eigenvalue weighted by Gasteiger charge is 2.32. The summed E-state index contributed by atoms with van der Waals surface area (Å²) in [6.45, 7) is 4.77. The maximum Gasteiger partial charge on any atom is 0.227 e. The smallest absolute Gasteiger partial charge is 0.227 e. The predicted molar refractivity (Wildman–Crippen MR) is 84.4 cm³/mol. The van der Waals surface area contributed by atoms with E-state index in [-0.39, 0.29) is 30.1 Å². The molecular formula is C18H21FN2O2. The van der Waals surface area contributed by atoms with Crippen LogP contribution < -0.4 is 0 Å². The second-order valence-electron chi connectivity index (χ2n) is 6.32. The molecule has 5 heteroatoms. The van der Waals surface area contributed by atoms with E-state index in [1.165, 1.54) is 6.07 Å². The van der Waals surface area contributed by atoms with Crippen LogP contribution in [0, 0.1) is 5.82 Å².